The molecule has 1 unspecified atom stereocenters. The van der Waals surface area contributed by atoms with E-state index in [1.807, 2.05) is 12.1 Å². The summed E-state index contributed by atoms with van der Waals surface area (Å²) >= 11 is 1.44. The molecule has 1 nitrogen and oxygen atoms in total. The van der Waals surface area contributed by atoms with Crippen molar-refractivity contribution < 1.29 is 8.78 Å². The molecule has 0 aliphatic heterocycles. The highest BCUT2D eigenvalue weighted by Crippen LogP contribution is 2.32. The van der Waals surface area contributed by atoms with Crippen molar-refractivity contribution in [2.75, 3.05) is 0 Å². The fourth-order valence-corrected chi connectivity index (χ4v) is 3.26. The molecule has 3 aromatic rings. The van der Waals surface area contributed by atoms with Crippen LogP contribution in [0, 0.1) is 18.6 Å². The Labute approximate surface area is 119 Å². The second kappa shape index (κ2) is 4.96. The first-order valence-electron chi connectivity index (χ1n) is 6.25. The van der Waals surface area contributed by atoms with Crippen LogP contribution in [-0.4, -0.2) is 0 Å². The SMILES string of the molecule is Cc1ccc(C(N)c2cc3ccc(F)cc3s2)cc1F. The van der Waals surface area contributed by atoms with E-state index in [4.69, 9.17) is 5.73 Å². The fourth-order valence-electron chi connectivity index (χ4n) is 2.15. The van der Waals surface area contributed by atoms with Gasteiger partial charge in [0.2, 0.25) is 0 Å². The molecular formula is C16H13F2NS. The van der Waals surface area contributed by atoms with Crippen LogP contribution in [0.4, 0.5) is 8.78 Å². The van der Waals surface area contributed by atoms with Crippen molar-refractivity contribution in [3.05, 3.63) is 70.1 Å². The van der Waals surface area contributed by atoms with Crippen molar-refractivity contribution in [2.24, 2.45) is 5.73 Å². The fraction of sp³-hybridized carbons (Fsp3) is 0.125. The van der Waals surface area contributed by atoms with Gasteiger partial charge in [-0.1, -0.05) is 18.2 Å². The molecule has 0 spiro atoms. The lowest BCUT2D eigenvalue weighted by atomic mass is 10.0. The molecule has 0 saturated heterocycles. The lowest BCUT2D eigenvalue weighted by Gasteiger charge is -2.10. The zero-order valence-electron chi connectivity index (χ0n) is 10.9. The predicted molar refractivity (Wildman–Crippen MR) is 79.0 cm³/mol. The maximum Gasteiger partial charge on any atom is 0.126 e. The van der Waals surface area contributed by atoms with Gasteiger partial charge >= 0.3 is 0 Å². The van der Waals surface area contributed by atoms with E-state index in [1.54, 1.807) is 19.1 Å². The lowest BCUT2D eigenvalue weighted by molar-refractivity contribution is 0.614. The van der Waals surface area contributed by atoms with Gasteiger partial charge in [-0.3, -0.25) is 0 Å². The molecule has 0 bridgehead atoms. The number of hydrogen-bond acceptors (Lipinski definition) is 2. The summed E-state index contributed by atoms with van der Waals surface area (Å²) in [7, 11) is 0. The van der Waals surface area contributed by atoms with Gasteiger partial charge in [0.05, 0.1) is 6.04 Å². The van der Waals surface area contributed by atoms with Crippen LogP contribution in [0.3, 0.4) is 0 Å². The maximum absolute atomic E-state index is 13.6. The van der Waals surface area contributed by atoms with Gasteiger partial charge in [-0.2, -0.15) is 0 Å². The number of aryl methyl sites for hydroxylation is 1. The molecule has 1 aromatic heterocycles. The predicted octanol–water partition coefficient (Wildman–Crippen LogP) is 4.54. The van der Waals surface area contributed by atoms with E-state index in [0.29, 0.717) is 5.56 Å². The molecule has 0 aliphatic carbocycles. The number of rotatable bonds is 2. The molecule has 0 aliphatic rings. The maximum atomic E-state index is 13.6. The Morgan fingerprint density at radius 1 is 1.05 bits per heavy atom. The van der Waals surface area contributed by atoms with Gasteiger partial charge in [0.25, 0.3) is 0 Å². The first-order chi connectivity index (χ1) is 9.54. The van der Waals surface area contributed by atoms with E-state index in [0.717, 1.165) is 20.5 Å². The summed E-state index contributed by atoms with van der Waals surface area (Å²) in [5.41, 5.74) is 7.51. The summed E-state index contributed by atoms with van der Waals surface area (Å²) in [5, 5.41) is 0.953. The summed E-state index contributed by atoms with van der Waals surface area (Å²) in [4.78, 5) is 0.897. The van der Waals surface area contributed by atoms with Gasteiger partial charge < -0.3 is 5.73 Å². The van der Waals surface area contributed by atoms with Gasteiger partial charge in [-0.05, 0) is 47.7 Å². The highest BCUT2D eigenvalue weighted by atomic mass is 32.1. The smallest absolute Gasteiger partial charge is 0.126 e. The average molecular weight is 289 g/mol. The van der Waals surface area contributed by atoms with Crippen molar-refractivity contribution >= 4 is 21.4 Å². The third-order valence-corrected chi connectivity index (χ3v) is 4.54. The highest BCUT2D eigenvalue weighted by molar-refractivity contribution is 7.19. The summed E-state index contributed by atoms with van der Waals surface area (Å²) in [6.45, 7) is 1.72. The Kier molecular flexibility index (Phi) is 3.28. The van der Waals surface area contributed by atoms with Gasteiger partial charge in [0, 0.05) is 9.58 Å². The number of nitrogens with two attached hydrogens (primary N) is 1. The first-order valence-corrected chi connectivity index (χ1v) is 7.07. The number of halogens is 2. The number of thiophene rings is 1. The summed E-state index contributed by atoms with van der Waals surface area (Å²) in [5.74, 6) is -0.522. The summed E-state index contributed by atoms with van der Waals surface area (Å²) in [6.07, 6.45) is 0. The quantitative estimate of drug-likeness (QED) is 0.736. The van der Waals surface area contributed by atoms with Crippen LogP contribution in [0.2, 0.25) is 0 Å². The number of hydrogen-bond donors (Lipinski definition) is 1. The molecular weight excluding hydrogens is 276 g/mol. The zero-order valence-corrected chi connectivity index (χ0v) is 11.7. The van der Waals surface area contributed by atoms with Crippen LogP contribution in [0.1, 0.15) is 22.0 Å². The number of fused-ring (bicyclic) bond motifs is 1. The molecule has 2 N–H and O–H groups in total. The Hall–Kier alpha value is -1.78. The third-order valence-electron chi connectivity index (χ3n) is 3.36. The zero-order chi connectivity index (χ0) is 14.3. The molecule has 2 aromatic carbocycles. The van der Waals surface area contributed by atoms with E-state index >= 15 is 0 Å². The Morgan fingerprint density at radius 3 is 2.60 bits per heavy atom. The second-order valence-corrected chi connectivity index (χ2v) is 5.93. The van der Waals surface area contributed by atoms with E-state index in [1.165, 1.54) is 29.5 Å². The minimum absolute atomic E-state index is 0.259. The molecule has 0 amide bonds. The molecule has 0 radical (unpaired) electrons. The topological polar surface area (TPSA) is 26.0 Å². The van der Waals surface area contributed by atoms with Crippen LogP contribution < -0.4 is 5.73 Å². The van der Waals surface area contributed by atoms with E-state index < -0.39 is 6.04 Å². The minimum Gasteiger partial charge on any atom is -0.320 e. The monoisotopic (exact) mass is 289 g/mol. The Balaban J connectivity index is 2.02. The van der Waals surface area contributed by atoms with Crippen molar-refractivity contribution in [3.63, 3.8) is 0 Å². The van der Waals surface area contributed by atoms with Crippen LogP contribution in [0.15, 0.2) is 42.5 Å². The molecule has 102 valence electrons. The number of benzene rings is 2. The summed E-state index contributed by atoms with van der Waals surface area (Å²) < 4.78 is 27.7. The van der Waals surface area contributed by atoms with E-state index in [-0.39, 0.29) is 11.6 Å². The van der Waals surface area contributed by atoms with Crippen LogP contribution in [0.25, 0.3) is 10.1 Å². The average Bonchev–Trinajstić information content (AvgIpc) is 2.84. The van der Waals surface area contributed by atoms with Gasteiger partial charge in [0.1, 0.15) is 11.6 Å². The molecule has 0 saturated carbocycles. The van der Waals surface area contributed by atoms with Gasteiger partial charge in [-0.25, -0.2) is 8.78 Å². The molecule has 1 heterocycles. The van der Waals surface area contributed by atoms with E-state index in [2.05, 4.69) is 0 Å². The lowest BCUT2D eigenvalue weighted by Crippen LogP contribution is -2.10. The van der Waals surface area contributed by atoms with Crippen LogP contribution >= 0.6 is 11.3 Å². The molecule has 20 heavy (non-hydrogen) atoms. The van der Waals surface area contributed by atoms with Crippen molar-refractivity contribution in [1.29, 1.82) is 0 Å². The van der Waals surface area contributed by atoms with E-state index in [9.17, 15) is 8.78 Å². The largest absolute Gasteiger partial charge is 0.320 e. The van der Waals surface area contributed by atoms with Crippen molar-refractivity contribution in [3.8, 4) is 0 Å². The molecule has 0 fully saturated rings. The minimum atomic E-state index is -0.398. The highest BCUT2D eigenvalue weighted by Gasteiger charge is 2.14. The first kappa shape index (κ1) is 13.2. The Morgan fingerprint density at radius 2 is 1.85 bits per heavy atom. The van der Waals surface area contributed by atoms with Crippen molar-refractivity contribution in [2.45, 2.75) is 13.0 Å². The van der Waals surface area contributed by atoms with Gasteiger partial charge in [-0.15, -0.1) is 11.3 Å². The third kappa shape index (κ3) is 2.32. The molecule has 4 heteroatoms. The van der Waals surface area contributed by atoms with Gasteiger partial charge in [0.15, 0.2) is 0 Å². The molecule has 1 atom stereocenters. The normalized spacial score (nSPS) is 12.8. The second-order valence-electron chi connectivity index (χ2n) is 4.82. The Bertz CT molecular complexity index is 779. The van der Waals surface area contributed by atoms with Crippen molar-refractivity contribution in [1.82, 2.24) is 0 Å². The molecule has 3 rings (SSSR count). The standard InChI is InChI=1S/C16H13F2NS/c1-9-2-3-11(6-13(9)18)16(19)15-7-10-4-5-12(17)8-14(10)20-15/h2-8,16H,19H2,1H3. The van der Waals surface area contributed by atoms with Crippen LogP contribution in [-0.2, 0) is 0 Å². The summed E-state index contributed by atoms with van der Waals surface area (Å²) in [6, 6.07) is 11.2. The van der Waals surface area contributed by atoms with Crippen LogP contribution in [0.5, 0.6) is 0 Å².